The van der Waals surface area contributed by atoms with Crippen molar-refractivity contribution in [1.29, 1.82) is 0 Å². The summed E-state index contributed by atoms with van der Waals surface area (Å²) in [6.07, 6.45) is 1.05. The SMILES string of the molecule is CCc1ccc(C(NN)c2cc(C)nn2CC)cc1. The van der Waals surface area contributed by atoms with E-state index in [9.17, 15) is 0 Å². The molecule has 19 heavy (non-hydrogen) atoms. The van der Waals surface area contributed by atoms with Crippen LogP contribution < -0.4 is 11.3 Å². The van der Waals surface area contributed by atoms with Crippen LogP contribution in [0.4, 0.5) is 0 Å². The third kappa shape index (κ3) is 2.85. The minimum absolute atomic E-state index is 0.0212. The van der Waals surface area contributed by atoms with E-state index in [0.717, 1.165) is 29.9 Å². The molecule has 1 aromatic heterocycles. The molecule has 4 nitrogen and oxygen atoms in total. The Bertz CT molecular complexity index is 528. The fourth-order valence-electron chi connectivity index (χ4n) is 2.35. The van der Waals surface area contributed by atoms with Crippen LogP contribution in [0, 0.1) is 6.92 Å². The van der Waals surface area contributed by atoms with Crippen molar-refractivity contribution in [3.8, 4) is 0 Å². The van der Waals surface area contributed by atoms with Crippen LogP contribution in [0.5, 0.6) is 0 Å². The van der Waals surface area contributed by atoms with E-state index >= 15 is 0 Å². The molecule has 4 heteroatoms. The third-order valence-corrected chi connectivity index (χ3v) is 3.42. The average molecular weight is 258 g/mol. The van der Waals surface area contributed by atoms with Crippen molar-refractivity contribution in [2.75, 3.05) is 0 Å². The molecule has 0 saturated heterocycles. The van der Waals surface area contributed by atoms with E-state index in [0.29, 0.717) is 0 Å². The molecular weight excluding hydrogens is 236 g/mol. The van der Waals surface area contributed by atoms with Gasteiger partial charge in [0, 0.05) is 6.54 Å². The van der Waals surface area contributed by atoms with Gasteiger partial charge in [-0.1, -0.05) is 31.2 Å². The summed E-state index contributed by atoms with van der Waals surface area (Å²) < 4.78 is 1.99. The topological polar surface area (TPSA) is 55.9 Å². The van der Waals surface area contributed by atoms with Gasteiger partial charge in [-0.05, 0) is 37.5 Å². The number of nitrogens with one attached hydrogen (secondary N) is 1. The Labute approximate surface area is 114 Å². The van der Waals surface area contributed by atoms with E-state index in [1.165, 1.54) is 5.56 Å². The summed E-state index contributed by atoms with van der Waals surface area (Å²) in [4.78, 5) is 0. The number of aryl methyl sites for hydroxylation is 3. The molecule has 1 atom stereocenters. The first kappa shape index (κ1) is 13.8. The second kappa shape index (κ2) is 5.99. The van der Waals surface area contributed by atoms with Crippen LogP contribution >= 0.6 is 0 Å². The molecule has 0 aliphatic heterocycles. The molecule has 1 aromatic carbocycles. The molecule has 0 saturated carbocycles. The van der Waals surface area contributed by atoms with Gasteiger partial charge in [0.05, 0.1) is 17.4 Å². The molecule has 1 heterocycles. The number of hydrogen-bond donors (Lipinski definition) is 2. The third-order valence-electron chi connectivity index (χ3n) is 3.42. The minimum atomic E-state index is -0.0212. The van der Waals surface area contributed by atoms with E-state index in [-0.39, 0.29) is 6.04 Å². The maximum Gasteiger partial charge on any atom is 0.0878 e. The normalized spacial score (nSPS) is 12.6. The highest BCUT2D eigenvalue weighted by Gasteiger charge is 2.17. The zero-order valence-corrected chi connectivity index (χ0v) is 11.9. The maximum atomic E-state index is 5.75. The number of rotatable bonds is 5. The predicted molar refractivity (Wildman–Crippen MR) is 77.6 cm³/mol. The highest BCUT2D eigenvalue weighted by molar-refractivity contribution is 5.31. The Hall–Kier alpha value is -1.65. The lowest BCUT2D eigenvalue weighted by Crippen LogP contribution is -2.30. The fourth-order valence-corrected chi connectivity index (χ4v) is 2.35. The largest absolute Gasteiger partial charge is 0.271 e. The van der Waals surface area contributed by atoms with Gasteiger partial charge in [0.15, 0.2) is 0 Å². The molecule has 3 N–H and O–H groups in total. The molecular formula is C15H22N4. The number of hydrazine groups is 1. The highest BCUT2D eigenvalue weighted by Crippen LogP contribution is 2.22. The van der Waals surface area contributed by atoms with Gasteiger partial charge in [-0.15, -0.1) is 0 Å². The lowest BCUT2D eigenvalue weighted by Gasteiger charge is -2.18. The van der Waals surface area contributed by atoms with Crippen molar-refractivity contribution in [2.24, 2.45) is 5.84 Å². The standard InChI is InChI=1S/C15H22N4/c1-4-12-6-8-13(9-7-12)15(17-16)14-10-11(3)18-19(14)5-2/h6-10,15,17H,4-5,16H2,1-3H3. The second-order valence-electron chi connectivity index (χ2n) is 4.72. The summed E-state index contributed by atoms with van der Waals surface area (Å²) in [5.74, 6) is 5.75. The first-order valence-electron chi connectivity index (χ1n) is 6.78. The monoisotopic (exact) mass is 258 g/mol. The van der Waals surface area contributed by atoms with Crippen molar-refractivity contribution < 1.29 is 0 Å². The summed E-state index contributed by atoms with van der Waals surface area (Å²) in [6.45, 7) is 7.09. The lowest BCUT2D eigenvalue weighted by atomic mass is 10.0. The van der Waals surface area contributed by atoms with Crippen LogP contribution in [0.1, 0.15) is 42.4 Å². The first-order chi connectivity index (χ1) is 9.19. The summed E-state index contributed by atoms with van der Waals surface area (Å²) in [5.41, 5.74) is 7.51. The van der Waals surface area contributed by atoms with Crippen LogP contribution in [-0.4, -0.2) is 9.78 Å². The Morgan fingerprint density at radius 1 is 1.26 bits per heavy atom. The van der Waals surface area contributed by atoms with Crippen LogP contribution in [0.2, 0.25) is 0 Å². The van der Waals surface area contributed by atoms with Crippen molar-refractivity contribution in [1.82, 2.24) is 15.2 Å². The van der Waals surface area contributed by atoms with Gasteiger partial charge in [-0.25, -0.2) is 5.43 Å². The maximum absolute atomic E-state index is 5.75. The zero-order chi connectivity index (χ0) is 13.8. The average Bonchev–Trinajstić information content (AvgIpc) is 2.81. The van der Waals surface area contributed by atoms with E-state index in [1.807, 2.05) is 11.6 Å². The second-order valence-corrected chi connectivity index (χ2v) is 4.72. The van der Waals surface area contributed by atoms with E-state index in [2.05, 4.69) is 54.7 Å². The quantitative estimate of drug-likeness (QED) is 0.639. The summed E-state index contributed by atoms with van der Waals surface area (Å²) >= 11 is 0. The van der Waals surface area contributed by atoms with E-state index in [4.69, 9.17) is 5.84 Å². The number of aromatic nitrogens is 2. The van der Waals surface area contributed by atoms with Crippen LogP contribution in [0.25, 0.3) is 0 Å². The Kier molecular flexibility index (Phi) is 4.35. The Balaban J connectivity index is 2.37. The van der Waals surface area contributed by atoms with Gasteiger partial charge in [-0.3, -0.25) is 10.5 Å². The molecule has 1 unspecified atom stereocenters. The van der Waals surface area contributed by atoms with Crippen LogP contribution in [0.3, 0.4) is 0 Å². The summed E-state index contributed by atoms with van der Waals surface area (Å²) in [5, 5.41) is 4.48. The van der Waals surface area contributed by atoms with Gasteiger partial charge >= 0.3 is 0 Å². The molecule has 102 valence electrons. The number of hydrogen-bond acceptors (Lipinski definition) is 3. The van der Waals surface area contributed by atoms with E-state index < -0.39 is 0 Å². The summed E-state index contributed by atoms with van der Waals surface area (Å²) in [6, 6.07) is 10.6. The Morgan fingerprint density at radius 2 is 1.95 bits per heavy atom. The molecule has 0 radical (unpaired) electrons. The van der Waals surface area contributed by atoms with Crippen LogP contribution in [-0.2, 0) is 13.0 Å². The van der Waals surface area contributed by atoms with Crippen molar-refractivity contribution in [3.05, 3.63) is 52.8 Å². The lowest BCUT2D eigenvalue weighted by molar-refractivity contribution is 0.542. The molecule has 0 aliphatic carbocycles. The molecule has 0 fully saturated rings. The van der Waals surface area contributed by atoms with E-state index in [1.54, 1.807) is 0 Å². The molecule has 0 amide bonds. The number of nitrogens with zero attached hydrogens (tertiary/aromatic N) is 2. The van der Waals surface area contributed by atoms with Gasteiger partial charge in [-0.2, -0.15) is 5.10 Å². The molecule has 0 bridgehead atoms. The highest BCUT2D eigenvalue weighted by atomic mass is 15.3. The molecule has 2 rings (SSSR count). The van der Waals surface area contributed by atoms with Gasteiger partial charge in [0.1, 0.15) is 0 Å². The number of benzene rings is 1. The molecule has 0 aliphatic rings. The first-order valence-corrected chi connectivity index (χ1v) is 6.78. The Morgan fingerprint density at radius 3 is 2.47 bits per heavy atom. The molecule has 2 aromatic rings. The molecule has 0 spiro atoms. The predicted octanol–water partition coefficient (Wildman–Crippen LogP) is 2.33. The van der Waals surface area contributed by atoms with Gasteiger partial charge in [0.2, 0.25) is 0 Å². The van der Waals surface area contributed by atoms with Gasteiger partial charge < -0.3 is 0 Å². The van der Waals surface area contributed by atoms with Crippen molar-refractivity contribution in [3.63, 3.8) is 0 Å². The van der Waals surface area contributed by atoms with Crippen LogP contribution in [0.15, 0.2) is 30.3 Å². The van der Waals surface area contributed by atoms with Crippen molar-refractivity contribution >= 4 is 0 Å². The number of nitrogens with two attached hydrogens (primary N) is 1. The smallest absolute Gasteiger partial charge is 0.0878 e. The summed E-state index contributed by atoms with van der Waals surface area (Å²) in [7, 11) is 0. The fraction of sp³-hybridized carbons (Fsp3) is 0.400. The minimum Gasteiger partial charge on any atom is -0.271 e. The van der Waals surface area contributed by atoms with Crippen molar-refractivity contribution in [2.45, 2.75) is 39.8 Å². The van der Waals surface area contributed by atoms with Gasteiger partial charge in [0.25, 0.3) is 0 Å². The zero-order valence-electron chi connectivity index (χ0n) is 11.9.